The van der Waals surface area contributed by atoms with Gasteiger partial charge in [0.2, 0.25) is 0 Å². The van der Waals surface area contributed by atoms with Gasteiger partial charge in [0.1, 0.15) is 0 Å². The number of benzene rings is 1. The first-order valence-electron chi connectivity index (χ1n) is 7.09. The standard InChI is InChI=1S/C15H19BrN2O3/c1-2-10-9-11(16)3-6-13(10)17-15(21)18(12-4-5-12)8-7-14(19)20/h3,6,9,12H,2,4-5,7-8H2,1H3,(H,17,21)(H,19,20). The summed E-state index contributed by atoms with van der Waals surface area (Å²) in [6.45, 7) is 2.28. The topological polar surface area (TPSA) is 69.6 Å². The zero-order chi connectivity index (χ0) is 15.4. The number of hydrogen-bond donors (Lipinski definition) is 2. The van der Waals surface area contributed by atoms with Crippen molar-refractivity contribution in [2.24, 2.45) is 0 Å². The molecule has 0 radical (unpaired) electrons. The number of urea groups is 1. The van der Waals surface area contributed by atoms with Crippen LogP contribution in [0, 0.1) is 0 Å². The van der Waals surface area contributed by atoms with Gasteiger partial charge in [-0.3, -0.25) is 4.79 Å². The van der Waals surface area contributed by atoms with Crippen LogP contribution < -0.4 is 5.32 Å². The Morgan fingerprint density at radius 2 is 2.14 bits per heavy atom. The van der Waals surface area contributed by atoms with Crippen LogP contribution in [0.3, 0.4) is 0 Å². The first kappa shape index (κ1) is 15.8. The summed E-state index contributed by atoms with van der Waals surface area (Å²) >= 11 is 3.42. The molecule has 5 nitrogen and oxygen atoms in total. The molecule has 0 saturated heterocycles. The maximum absolute atomic E-state index is 12.4. The molecule has 1 fully saturated rings. The van der Waals surface area contributed by atoms with Crippen molar-refractivity contribution in [3.63, 3.8) is 0 Å². The van der Waals surface area contributed by atoms with E-state index >= 15 is 0 Å². The predicted octanol–water partition coefficient (Wildman–Crippen LogP) is 3.48. The molecule has 2 N–H and O–H groups in total. The van der Waals surface area contributed by atoms with Gasteiger partial charge in [-0.1, -0.05) is 22.9 Å². The first-order chi connectivity index (χ1) is 10.0. The molecule has 1 aromatic rings. The summed E-state index contributed by atoms with van der Waals surface area (Å²) in [7, 11) is 0. The van der Waals surface area contributed by atoms with Gasteiger partial charge in [0.15, 0.2) is 0 Å². The smallest absolute Gasteiger partial charge is 0.322 e. The van der Waals surface area contributed by atoms with Crippen LogP contribution in [-0.4, -0.2) is 34.6 Å². The molecule has 0 aromatic heterocycles. The normalized spacial score (nSPS) is 13.8. The number of nitrogens with zero attached hydrogens (tertiary/aromatic N) is 1. The third kappa shape index (κ3) is 4.46. The quantitative estimate of drug-likeness (QED) is 0.821. The number of carbonyl (C=O) groups excluding carboxylic acids is 1. The van der Waals surface area contributed by atoms with Crippen molar-refractivity contribution < 1.29 is 14.7 Å². The van der Waals surface area contributed by atoms with E-state index in [9.17, 15) is 9.59 Å². The summed E-state index contributed by atoms with van der Waals surface area (Å²) in [5.41, 5.74) is 1.83. The van der Waals surface area contributed by atoms with Crippen LogP contribution in [0.4, 0.5) is 10.5 Å². The molecule has 0 atom stereocenters. The average molecular weight is 355 g/mol. The molecule has 0 unspecified atom stereocenters. The zero-order valence-corrected chi connectivity index (χ0v) is 13.5. The predicted molar refractivity (Wildman–Crippen MR) is 84.5 cm³/mol. The van der Waals surface area contributed by atoms with E-state index in [1.54, 1.807) is 4.90 Å². The number of nitrogens with one attached hydrogen (secondary N) is 1. The lowest BCUT2D eigenvalue weighted by atomic mass is 10.1. The fraction of sp³-hybridized carbons (Fsp3) is 0.467. The molecule has 1 aliphatic rings. The van der Waals surface area contributed by atoms with Crippen molar-refractivity contribution >= 4 is 33.6 Å². The highest BCUT2D eigenvalue weighted by atomic mass is 79.9. The average Bonchev–Trinajstić information content (AvgIpc) is 3.25. The van der Waals surface area contributed by atoms with Crippen molar-refractivity contribution in [1.82, 2.24) is 4.90 Å². The monoisotopic (exact) mass is 354 g/mol. The van der Waals surface area contributed by atoms with Crippen LogP contribution in [0.25, 0.3) is 0 Å². The number of rotatable bonds is 6. The number of carbonyl (C=O) groups is 2. The van der Waals surface area contributed by atoms with Gasteiger partial charge >= 0.3 is 12.0 Å². The number of aryl methyl sites for hydroxylation is 1. The number of carboxylic acid groups (broad SMARTS) is 1. The highest BCUT2D eigenvalue weighted by Gasteiger charge is 2.32. The van der Waals surface area contributed by atoms with E-state index in [-0.39, 0.29) is 25.0 Å². The number of anilines is 1. The molecule has 1 aromatic carbocycles. The molecule has 1 saturated carbocycles. The Balaban J connectivity index is 2.06. The number of amides is 2. The second-order valence-electron chi connectivity index (χ2n) is 5.15. The number of halogens is 1. The van der Waals surface area contributed by atoms with Crippen LogP contribution in [0.5, 0.6) is 0 Å². The third-order valence-electron chi connectivity index (χ3n) is 3.50. The maximum Gasteiger partial charge on any atom is 0.322 e. The minimum absolute atomic E-state index is 0.0229. The van der Waals surface area contributed by atoms with Crippen molar-refractivity contribution in [1.29, 1.82) is 0 Å². The van der Waals surface area contributed by atoms with Crippen LogP contribution >= 0.6 is 15.9 Å². The molecular formula is C15H19BrN2O3. The molecule has 2 amide bonds. The second-order valence-corrected chi connectivity index (χ2v) is 6.07. The van der Waals surface area contributed by atoms with E-state index in [2.05, 4.69) is 21.2 Å². The minimum atomic E-state index is -0.883. The van der Waals surface area contributed by atoms with E-state index in [0.29, 0.717) is 0 Å². The van der Waals surface area contributed by atoms with Crippen LogP contribution in [0.1, 0.15) is 31.7 Å². The van der Waals surface area contributed by atoms with Crippen LogP contribution in [0.15, 0.2) is 22.7 Å². The summed E-state index contributed by atoms with van der Waals surface area (Å²) in [5, 5.41) is 11.7. The van der Waals surface area contributed by atoms with Gasteiger partial charge in [0, 0.05) is 22.7 Å². The molecule has 114 valence electrons. The second kappa shape index (κ2) is 6.93. The lowest BCUT2D eigenvalue weighted by Crippen LogP contribution is -2.38. The summed E-state index contributed by atoms with van der Waals surface area (Å²) < 4.78 is 0.974. The number of hydrogen-bond acceptors (Lipinski definition) is 2. The van der Waals surface area contributed by atoms with Crippen molar-refractivity contribution in [2.75, 3.05) is 11.9 Å². The molecule has 2 rings (SSSR count). The van der Waals surface area contributed by atoms with Crippen molar-refractivity contribution in [3.8, 4) is 0 Å². The van der Waals surface area contributed by atoms with Crippen LogP contribution in [-0.2, 0) is 11.2 Å². The lowest BCUT2D eigenvalue weighted by Gasteiger charge is -2.23. The largest absolute Gasteiger partial charge is 0.481 e. The summed E-state index contributed by atoms with van der Waals surface area (Å²) in [6, 6.07) is 5.70. The molecule has 0 heterocycles. The Bertz CT molecular complexity index is 544. The van der Waals surface area contributed by atoms with Gasteiger partial charge in [0.05, 0.1) is 6.42 Å². The van der Waals surface area contributed by atoms with Crippen molar-refractivity contribution in [3.05, 3.63) is 28.2 Å². The van der Waals surface area contributed by atoms with Gasteiger partial charge in [-0.25, -0.2) is 4.79 Å². The fourth-order valence-corrected chi connectivity index (χ4v) is 2.62. The van der Waals surface area contributed by atoms with E-state index in [4.69, 9.17) is 5.11 Å². The van der Waals surface area contributed by atoms with Crippen LogP contribution in [0.2, 0.25) is 0 Å². The highest BCUT2D eigenvalue weighted by Crippen LogP contribution is 2.28. The third-order valence-corrected chi connectivity index (χ3v) is 4.00. The Kier molecular flexibility index (Phi) is 5.22. The van der Waals surface area contributed by atoms with E-state index in [1.807, 2.05) is 25.1 Å². The highest BCUT2D eigenvalue weighted by molar-refractivity contribution is 9.10. The molecule has 0 spiro atoms. The van der Waals surface area contributed by atoms with E-state index in [1.165, 1.54) is 0 Å². The summed E-state index contributed by atoms with van der Waals surface area (Å²) in [6.07, 6.45) is 2.69. The Morgan fingerprint density at radius 1 is 1.43 bits per heavy atom. The molecular weight excluding hydrogens is 336 g/mol. The Hall–Kier alpha value is -1.56. The number of carboxylic acids is 1. The maximum atomic E-state index is 12.4. The SMILES string of the molecule is CCc1cc(Br)ccc1NC(=O)N(CCC(=O)O)C1CC1. The van der Waals surface area contributed by atoms with Gasteiger partial charge in [0.25, 0.3) is 0 Å². The summed E-state index contributed by atoms with van der Waals surface area (Å²) in [5.74, 6) is -0.883. The van der Waals surface area contributed by atoms with Gasteiger partial charge in [-0.15, -0.1) is 0 Å². The minimum Gasteiger partial charge on any atom is -0.481 e. The van der Waals surface area contributed by atoms with Gasteiger partial charge < -0.3 is 15.3 Å². The lowest BCUT2D eigenvalue weighted by molar-refractivity contribution is -0.137. The first-order valence-corrected chi connectivity index (χ1v) is 7.88. The fourth-order valence-electron chi connectivity index (χ4n) is 2.22. The Labute approximate surface area is 132 Å². The van der Waals surface area contributed by atoms with E-state index in [0.717, 1.165) is 35.0 Å². The van der Waals surface area contributed by atoms with Gasteiger partial charge in [-0.2, -0.15) is 0 Å². The number of aliphatic carboxylic acids is 1. The molecule has 0 aliphatic heterocycles. The molecule has 21 heavy (non-hydrogen) atoms. The van der Waals surface area contributed by atoms with Gasteiger partial charge in [-0.05, 0) is 43.0 Å². The molecule has 6 heteroatoms. The van der Waals surface area contributed by atoms with Crippen molar-refractivity contribution in [2.45, 2.75) is 38.6 Å². The Morgan fingerprint density at radius 3 is 2.71 bits per heavy atom. The molecule has 0 bridgehead atoms. The molecule has 1 aliphatic carbocycles. The van der Waals surface area contributed by atoms with E-state index < -0.39 is 5.97 Å². The summed E-state index contributed by atoms with van der Waals surface area (Å²) in [4.78, 5) is 24.7. The zero-order valence-electron chi connectivity index (χ0n) is 11.9.